The van der Waals surface area contributed by atoms with Crippen LogP contribution in [-0.4, -0.2) is 16.9 Å². The molecule has 4 heteroatoms. The van der Waals surface area contributed by atoms with E-state index in [2.05, 4.69) is 0 Å². The maximum atomic E-state index is 12.5. The first kappa shape index (κ1) is 14.3. The van der Waals surface area contributed by atoms with Crippen LogP contribution in [0.1, 0.15) is 37.0 Å². The second kappa shape index (κ2) is 7.56. The van der Waals surface area contributed by atoms with Crippen molar-refractivity contribution in [1.82, 2.24) is 0 Å². The van der Waals surface area contributed by atoms with Gasteiger partial charge in [-0.3, -0.25) is 9.59 Å². The Morgan fingerprint density at radius 2 is 1.62 bits per heavy atom. The van der Waals surface area contributed by atoms with Crippen LogP contribution in [-0.2, 0) is 4.79 Å². The number of ketones is 1. The molecule has 0 unspecified atom stereocenters. The molecule has 0 aliphatic rings. The maximum absolute atomic E-state index is 12.5. The summed E-state index contributed by atoms with van der Waals surface area (Å²) in [5, 5.41) is 8.34. The summed E-state index contributed by atoms with van der Waals surface area (Å²) in [5.41, 5.74) is 0.340. The van der Waals surface area contributed by atoms with Gasteiger partial charge in [0.1, 0.15) is 5.82 Å². The number of hydrogen-bond acceptors (Lipinski definition) is 2. The molecule has 1 aromatic carbocycles. The molecule has 3 nitrogen and oxygen atoms in total. The van der Waals surface area contributed by atoms with Crippen molar-refractivity contribution in [1.29, 1.82) is 0 Å². The zero-order valence-electron chi connectivity index (χ0n) is 9.37. The number of carbonyl (C=O) groups is 2. The molecule has 0 amide bonds. The molecule has 0 spiro atoms. The van der Waals surface area contributed by atoms with Crippen LogP contribution in [0.25, 0.3) is 0 Å². The third-order valence-corrected chi connectivity index (χ3v) is 1.73. The van der Waals surface area contributed by atoms with Crippen molar-refractivity contribution in [3.05, 3.63) is 35.6 Å². The molecule has 1 N–H and O–H groups in total. The number of Topliss-reactive ketones (excluding diaryl/α,β-unsaturated/α-hetero) is 1. The molecule has 1 aromatic rings. The molecule has 0 fully saturated rings. The number of carboxylic acid groups (broad SMARTS) is 1. The Morgan fingerprint density at radius 3 is 2.06 bits per heavy atom. The topological polar surface area (TPSA) is 54.4 Å². The van der Waals surface area contributed by atoms with Crippen molar-refractivity contribution in [2.24, 2.45) is 0 Å². The molecule has 88 valence electrons. The van der Waals surface area contributed by atoms with Gasteiger partial charge in [-0.1, -0.05) is 13.8 Å². The molecule has 0 aliphatic carbocycles. The molecule has 0 radical (unpaired) electrons. The van der Waals surface area contributed by atoms with Gasteiger partial charge >= 0.3 is 5.97 Å². The number of carbonyl (C=O) groups excluding carboxylic acids is 1. The van der Waals surface area contributed by atoms with Crippen LogP contribution < -0.4 is 0 Å². The van der Waals surface area contributed by atoms with Gasteiger partial charge in [-0.2, -0.15) is 0 Å². The number of rotatable bonds is 4. The molecule has 1 rings (SSSR count). The quantitative estimate of drug-likeness (QED) is 0.803. The lowest BCUT2D eigenvalue weighted by Gasteiger charge is -1.98. The van der Waals surface area contributed by atoms with Crippen LogP contribution in [0.15, 0.2) is 24.3 Å². The molecule has 0 bridgehead atoms. The van der Waals surface area contributed by atoms with Crippen LogP contribution >= 0.6 is 0 Å². The van der Waals surface area contributed by atoms with Crippen LogP contribution in [0.5, 0.6) is 0 Å². The number of hydrogen-bond donors (Lipinski definition) is 1. The van der Waals surface area contributed by atoms with Crippen molar-refractivity contribution < 1.29 is 19.1 Å². The van der Waals surface area contributed by atoms with Gasteiger partial charge in [-0.05, 0) is 24.3 Å². The minimum Gasteiger partial charge on any atom is -0.481 e. The molecule has 0 atom stereocenters. The van der Waals surface area contributed by atoms with E-state index in [1.165, 1.54) is 24.3 Å². The highest BCUT2D eigenvalue weighted by molar-refractivity contribution is 5.97. The number of benzene rings is 1. The van der Waals surface area contributed by atoms with E-state index in [-0.39, 0.29) is 18.6 Å². The molecule has 0 heterocycles. The SMILES string of the molecule is CC.O=C(O)CCC(=O)c1ccc(F)cc1. The summed E-state index contributed by atoms with van der Waals surface area (Å²) in [6, 6.07) is 5.04. The zero-order valence-corrected chi connectivity index (χ0v) is 9.37. The fourth-order valence-corrected chi connectivity index (χ4v) is 1.00. The average molecular weight is 226 g/mol. The van der Waals surface area contributed by atoms with Crippen LogP contribution in [0.4, 0.5) is 4.39 Å². The molecule has 0 aliphatic heterocycles. The predicted molar refractivity (Wildman–Crippen MR) is 58.9 cm³/mol. The number of halogens is 1. The zero-order chi connectivity index (χ0) is 12.6. The van der Waals surface area contributed by atoms with Gasteiger partial charge in [0.2, 0.25) is 0 Å². The Morgan fingerprint density at radius 1 is 1.12 bits per heavy atom. The lowest BCUT2D eigenvalue weighted by Crippen LogP contribution is -2.03. The van der Waals surface area contributed by atoms with E-state index < -0.39 is 11.8 Å². The van der Waals surface area contributed by atoms with E-state index >= 15 is 0 Å². The van der Waals surface area contributed by atoms with E-state index in [4.69, 9.17) is 5.11 Å². The molecule has 0 saturated carbocycles. The molecular formula is C12H15FO3. The highest BCUT2D eigenvalue weighted by Gasteiger charge is 2.07. The standard InChI is InChI=1S/C10H9FO3.C2H6/c11-8-3-1-7(2-4-8)9(12)5-6-10(13)14;1-2/h1-4H,5-6H2,(H,13,14);1-2H3. The maximum Gasteiger partial charge on any atom is 0.303 e. The van der Waals surface area contributed by atoms with Gasteiger partial charge in [-0.25, -0.2) is 4.39 Å². The summed E-state index contributed by atoms with van der Waals surface area (Å²) < 4.78 is 12.5. The first-order chi connectivity index (χ1) is 7.59. The van der Waals surface area contributed by atoms with Crippen LogP contribution in [0, 0.1) is 5.82 Å². The van der Waals surface area contributed by atoms with E-state index in [1.54, 1.807) is 0 Å². The summed E-state index contributed by atoms with van der Waals surface area (Å²) in [6.45, 7) is 4.00. The van der Waals surface area contributed by atoms with Crippen molar-refractivity contribution in [2.75, 3.05) is 0 Å². The largest absolute Gasteiger partial charge is 0.481 e. The third kappa shape index (κ3) is 5.24. The third-order valence-electron chi connectivity index (χ3n) is 1.73. The van der Waals surface area contributed by atoms with Gasteiger partial charge in [0.05, 0.1) is 6.42 Å². The first-order valence-electron chi connectivity index (χ1n) is 5.10. The summed E-state index contributed by atoms with van der Waals surface area (Å²) in [4.78, 5) is 21.5. The van der Waals surface area contributed by atoms with Crippen molar-refractivity contribution in [2.45, 2.75) is 26.7 Å². The number of carboxylic acids is 1. The fourth-order valence-electron chi connectivity index (χ4n) is 1.00. The average Bonchev–Trinajstić information content (AvgIpc) is 2.29. The molecule has 0 saturated heterocycles. The van der Waals surface area contributed by atoms with Gasteiger partial charge in [-0.15, -0.1) is 0 Å². The fraction of sp³-hybridized carbons (Fsp3) is 0.333. The van der Waals surface area contributed by atoms with Gasteiger partial charge in [0.25, 0.3) is 0 Å². The van der Waals surface area contributed by atoms with Crippen molar-refractivity contribution in [3.63, 3.8) is 0 Å². The Labute approximate surface area is 93.9 Å². The second-order valence-corrected chi connectivity index (χ2v) is 2.82. The van der Waals surface area contributed by atoms with Gasteiger partial charge < -0.3 is 5.11 Å². The van der Waals surface area contributed by atoms with Gasteiger partial charge in [0, 0.05) is 12.0 Å². The second-order valence-electron chi connectivity index (χ2n) is 2.82. The van der Waals surface area contributed by atoms with Crippen molar-refractivity contribution in [3.8, 4) is 0 Å². The monoisotopic (exact) mass is 226 g/mol. The van der Waals surface area contributed by atoms with E-state index in [0.29, 0.717) is 5.56 Å². The summed E-state index contributed by atoms with van der Waals surface area (Å²) >= 11 is 0. The van der Waals surface area contributed by atoms with E-state index in [9.17, 15) is 14.0 Å². The summed E-state index contributed by atoms with van der Waals surface area (Å²) in [5.74, 6) is -1.72. The van der Waals surface area contributed by atoms with Gasteiger partial charge in [0.15, 0.2) is 5.78 Å². The molecule has 16 heavy (non-hydrogen) atoms. The highest BCUT2D eigenvalue weighted by atomic mass is 19.1. The lowest BCUT2D eigenvalue weighted by molar-refractivity contribution is -0.136. The Bertz CT molecular complexity index is 344. The van der Waals surface area contributed by atoms with Crippen LogP contribution in [0.3, 0.4) is 0 Å². The lowest BCUT2D eigenvalue weighted by atomic mass is 10.1. The first-order valence-corrected chi connectivity index (χ1v) is 5.10. The van der Waals surface area contributed by atoms with Crippen molar-refractivity contribution >= 4 is 11.8 Å². The van der Waals surface area contributed by atoms with E-state index in [0.717, 1.165) is 0 Å². The Kier molecular flexibility index (Phi) is 6.76. The van der Waals surface area contributed by atoms with Crippen LogP contribution in [0.2, 0.25) is 0 Å². The van der Waals surface area contributed by atoms with E-state index in [1.807, 2.05) is 13.8 Å². The Balaban J connectivity index is 0.00000106. The minimum atomic E-state index is -1.01. The highest BCUT2D eigenvalue weighted by Crippen LogP contribution is 2.07. The number of aliphatic carboxylic acids is 1. The minimum absolute atomic E-state index is 0.0546. The predicted octanol–water partition coefficient (Wildman–Crippen LogP) is 2.90. The normalized spacial score (nSPS) is 8.94. The smallest absolute Gasteiger partial charge is 0.303 e. The summed E-state index contributed by atoms with van der Waals surface area (Å²) in [7, 11) is 0. The summed E-state index contributed by atoms with van der Waals surface area (Å²) in [6.07, 6.45) is -0.253. The molecule has 0 aromatic heterocycles. The Hall–Kier alpha value is -1.71. The molecular weight excluding hydrogens is 211 g/mol.